The molecule has 0 saturated heterocycles. The smallest absolute Gasteiger partial charge is 0.288 e. The van der Waals surface area contributed by atoms with Gasteiger partial charge in [0.2, 0.25) is 10.5 Å². The maximum Gasteiger partial charge on any atom is 0.288 e. The third-order valence-electron chi connectivity index (χ3n) is 0.287. The summed E-state index contributed by atoms with van der Waals surface area (Å²) in [4.78, 5) is 9.62. The lowest BCUT2D eigenvalue weighted by atomic mass is 10.9. The van der Waals surface area contributed by atoms with Gasteiger partial charge in [0, 0.05) is 6.92 Å². The molecule has 6 heavy (non-hydrogen) atoms. The van der Waals surface area contributed by atoms with Crippen molar-refractivity contribution >= 4 is 16.5 Å². The van der Waals surface area contributed by atoms with E-state index in [0.29, 0.717) is 10.5 Å². The Bertz CT molecular complexity index is 44.1. The Morgan fingerprint density at radius 3 is 2.00 bits per heavy atom. The summed E-state index contributed by atoms with van der Waals surface area (Å²) in [5.41, 5.74) is 0. The zero-order chi connectivity index (χ0) is 4.28. The molecule has 0 atom stereocenters. The van der Waals surface area contributed by atoms with Gasteiger partial charge in [0.05, 0.1) is 0 Å². The average Bonchev–Trinajstić information content (AvgIpc) is 1.38. The van der Waals surface area contributed by atoms with Gasteiger partial charge in [-0.25, -0.2) is 0 Å². The van der Waals surface area contributed by atoms with Gasteiger partial charge < -0.3 is 4.43 Å². The number of rotatable bonds is 0. The van der Waals surface area contributed by atoms with Gasteiger partial charge in [-0.05, 0) is 0 Å². The fraction of sp³-hybridized carbons (Fsp3) is 0.333. The van der Waals surface area contributed by atoms with Gasteiger partial charge in [-0.15, -0.1) is 0 Å². The lowest BCUT2D eigenvalue weighted by molar-refractivity contribution is -0.131. The molecule has 0 spiro atoms. The molecule has 0 aliphatic heterocycles. The highest BCUT2D eigenvalue weighted by atomic mass is 28.2. The molecule has 0 saturated carbocycles. The van der Waals surface area contributed by atoms with E-state index in [1.54, 1.807) is 0 Å². The fourth-order valence-corrected chi connectivity index (χ4v) is 0. The van der Waals surface area contributed by atoms with Gasteiger partial charge >= 0.3 is 0 Å². The molecule has 0 N–H and O–H groups in total. The van der Waals surface area contributed by atoms with Crippen molar-refractivity contribution in [2.24, 2.45) is 0 Å². The maximum absolute atomic E-state index is 9.62. The van der Waals surface area contributed by atoms with Gasteiger partial charge in [-0.1, -0.05) is 7.43 Å². The van der Waals surface area contributed by atoms with Crippen LogP contribution in [-0.2, 0) is 9.22 Å². The monoisotopic (exact) mass is 105 g/mol. The van der Waals surface area contributed by atoms with Gasteiger partial charge in [-0.3, -0.25) is 4.79 Å². The largest absolute Gasteiger partial charge is 0.529 e. The van der Waals surface area contributed by atoms with E-state index in [-0.39, 0.29) is 13.4 Å². The summed E-state index contributed by atoms with van der Waals surface area (Å²) in [6, 6.07) is 0. The fourth-order valence-electron chi connectivity index (χ4n) is 0. The molecule has 0 aromatic heterocycles. The van der Waals surface area contributed by atoms with Gasteiger partial charge in [0.15, 0.2) is 0 Å². The predicted octanol–water partition coefficient (Wildman–Crippen LogP) is -0.720. The van der Waals surface area contributed by atoms with Crippen LogP contribution in [0.25, 0.3) is 0 Å². The molecule has 2 nitrogen and oxygen atoms in total. The molecular weight excluding hydrogens is 96.1 g/mol. The number of hydrogen-bond donors (Lipinski definition) is 0. The molecule has 37 valence electrons. The van der Waals surface area contributed by atoms with Crippen LogP contribution in [0.15, 0.2) is 0 Å². The Morgan fingerprint density at radius 1 is 1.83 bits per heavy atom. The van der Waals surface area contributed by atoms with E-state index >= 15 is 0 Å². The van der Waals surface area contributed by atoms with E-state index in [1.165, 1.54) is 6.92 Å². The number of carbonyl (C=O) groups excluding carboxylic acids is 1. The zero-order valence-electron chi connectivity index (χ0n) is 4.32. The van der Waals surface area contributed by atoms with E-state index in [1.807, 2.05) is 0 Å². The summed E-state index contributed by atoms with van der Waals surface area (Å²) in [6.45, 7) is 1.40. The van der Waals surface area contributed by atoms with Crippen molar-refractivity contribution in [2.75, 3.05) is 0 Å². The number of carbonyl (C=O) groups is 1. The van der Waals surface area contributed by atoms with Crippen molar-refractivity contribution in [1.29, 1.82) is 0 Å². The van der Waals surface area contributed by atoms with Crippen molar-refractivity contribution in [2.45, 2.75) is 6.92 Å². The lowest BCUT2D eigenvalue weighted by Crippen LogP contribution is -1.90. The third-order valence-corrected chi connectivity index (χ3v) is 0.862. The molecular formula is C3H9O2Si. The van der Waals surface area contributed by atoms with Crippen LogP contribution in [0.3, 0.4) is 0 Å². The molecule has 0 aliphatic carbocycles. The summed E-state index contributed by atoms with van der Waals surface area (Å²) in [6.07, 6.45) is 0. The standard InChI is InChI=1S/C2H6O2Si.CH3/c1-2(3)4-5;/h1,5H3;1H3. The Morgan fingerprint density at radius 2 is 2.00 bits per heavy atom. The van der Waals surface area contributed by atoms with Crippen molar-refractivity contribution in [3.05, 3.63) is 7.43 Å². The predicted molar refractivity (Wildman–Crippen MR) is 28.1 cm³/mol. The first-order valence-corrected chi connectivity index (χ1v) is 2.13. The van der Waals surface area contributed by atoms with Gasteiger partial charge in [-0.2, -0.15) is 0 Å². The van der Waals surface area contributed by atoms with Crippen LogP contribution in [0, 0.1) is 7.43 Å². The first-order valence-electron chi connectivity index (χ1n) is 1.32. The van der Waals surface area contributed by atoms with E-state index in [4.69, 9.17) is 0 Å². The second-order valence-corrected chi connectivity index (χ2v) is 1.10. The topological polar surface area (TPSA) is 26.3 Å². The minimum absolute atomic E-state index is 0. The van der Waals surface area contributed by atoms with Crippen LogP contribution in [0.2, 0.25) is 0 Å². The van der Waals surface area contributed by atoms with Gasteiger partial charge in [0.1, 0.15) is 0 Å². The summed E-state index contributed by atoms with van der Waals surface area (Å²) in [7, 11) is 0.524. The Hall–Kier alpha value is -0.313. The second kappa shape index (κ2) is 4.69. The summed E-state index contributed by atoms with van der Waals surface area (Å²) < 4.78 is 4.25. The van der Waals surface area contributed by atoms with Crippen molar-refractivity contribution in [3.63, 3.8) is 0 Å². The Labute approximate surface area is 41.0 Å². The molecule has 0 heterocycles. The molecule has 1 radical (unpaired) electrons. The highest BCUT2D eigenvalue weighted by molar-refractivity contribution is 6.04. The molecule has 0 fully saturated rings. The summed E-state index contributed by atoms with van der Waals surface area (Å²) in [5, 5.41) is 0. The highest BCUT2D eigenvalue weighted by Gasteiger charge is 1.74. The molecule has 3 heteroatoms. The summed E-state index contributed by atoms with van der Waals surface area (Å²) in [5.74, 6) is -0.184. The van der Waals surface area contributed by atoms with Crippen LogP contribution in [0.1, 0.15) is 6.92 Å². The zero-order valence-corrected chi connectivity index (χ0v) is 6.32. The highest BCUT2D eigenvalue weighted by Crippen LogP contribution is 1.58. The first kappa shape index (κ1) is 9.19. The van der Waals surface area contributed by atoms with Crippen LogP contribution >= 0.6 is 0 Å². The maximum atomic E-state index is 9.62. The molecule has 0 rings (SSSR count). The van der Waals surface area contributed by atoms with Gasteiger partial charge in [0.25, 0.3) is 5.97 Å². The lowest BCUT2D eigenvalue weighted by Gasteiger charge is -1.82. The molecule has 0 bridgehead atoms. The van der Waals surface area contributed by atoms with E-state index in [0.717, 1.165) is 0 Å². The van der Waals surface area contributed by atoms with Crippen LogP contribution in [-0.4, -0.2) is 16.5 Å². The normalized spacial score (nSPS) is 6.17. The van der Waals surface area contributed by atoms with Crippen LogP contribution in [0.4, 0.5) is 0 Å². The molecule has 0 aromatic rings. The van der Waals surface area contributed by atoms with Crippen molar-refractivity contribution in [3.8, 4) is 0 Å². The molecule has 0 aliphatic rings. The SMILES string of the molecule is CC(=O)O[SiH3].[CH3]. The van der Waals surface area contributed by atoms with Crippen LogP contribution < -0.4 is 0 Å². The second-order valence-electron chi connectivity index (χ2n) is 0.696. The average molecular weight is 105 g/mol. The van der Waals surface area contributed by atoms with Crippen molar-refractivity contribution < 1.29 is 9.22 Å². The van der Waals surface area contributed by atoms with E-state index in [2.05, 4.69) is 4.43 Å². The molecule has 0 unspecified atom stereocenters. The molecule has 0 aromatic carbocycles. The Kier molecular flexibility index (Phi) is 7.18. The van der Waals surface area contributed by atoms with E-state index in [9.17, 15) is 4.79 Å². The molecule has 0 amide bonds. The quantitative estimate of drug-likeness (QED) is 0.380. The Balaban J connectivity index is 0. The third kappa shape index (κ3) is 9.35. The number of hydrogen-bond acceptors (Lipinski definition) is 2. The minimum atomic E-state index is -0.184. The first-order chi connectivity index (χ1) is 2.27. The van der Waals surface area contributed by atoms with E-state index < -0.39 is 0 Å². The van der Waals surface area contributed by atoms with Crippen molar-refractivity contribution in [1.82, 2.24) is 0 Å². The summed E-state index contributed by atoms with van der Waals surface area (Å²) >= 11 is 0. The van der Waals surface area contributed by atoms with Crippen LogP contribution in [0.5, 0.6) is 0 Å². The minimum Gasteiger partial charge on any atom is -0.529 e.